The van der Waals surface area contributed by atoms with Crippen LogP contribution in [0.15, 0.2) is 0 Å². The van der Waals surface area contributed by atoms with Gasteiger partial charge in [0.05, 0.1) is 0 Å². The number of rotatable bonds is 0. The summed E-state index contributed by atoms with van der Waals surface area (Å²) < 4.78 is 0. The first-order valence-corrected chi connectivity index (χ1v) is 3.06. The largest absolute Gasteiger partial charge is 2.00 e. The topological polar surface area (TPSA) is 58.1 Å². The Morgan fingerprint density at radius 1 is 1.23 bits per heavy atom. The van der Waals surface area contributed by atoms with Crippen molar-refractivity contribution in [1.82, 2.24) is 0 Å². The molecule has 0 saturated carbocycles. The van der Waals surface area contributed by atoms with Gasteiger partial charge in [-0.25, -0.2) is 6.10 Å². The summed E-state index contributed by atoms with van der Waals surface area (Å²) in [5, 5.41) is 12.8. The molecule has 0 aromatic carbocycles. The van der Waals surface area contributed by atoms with Gasteiger partial charge in [0.2, 0.25) is 0 Å². The minimum absolute atomic E-state index is 0. The van der Waals surface area contributed by atoms with Crippen LogP contribution >= 0.6 is 0 Å². The molecule has 0 aromatic rings. The van der Waals surface area contributed by atoms with Crippen molar-refractivity contribution in [3.05, 3.63) is 24.6 Å². The number of aliphatic hydroxyl groups is 1. The van der Waals surface area contributed by atoms with Crippen molar-refractivity contribution < 1.29 is 85.9 Å². The predicted molar refractivity (Wildman–Crippen MR) is 44.2 cm³/mol. The van der Waals surface area contributed by atoms with Crippen LogP contribution < -0.4 is 0 Å². The van der Waals surface area contributed by atoms with Gasteiger partial charge >= 0.3 is 49.7 Å². The van der Waals surface area contributed by atoms with E-state index in [2.05, 4.69) is 5.32 Å². The molecule has 2 N–H and O–H groups in total. The molecule has 1 aliphatic rings. The van der Waals surface area contributed by atoms with Gasteiger partial charge in [0.1, 0.15) is 0 Å². The Morgan fingerprint density at radius 3 is 1.69 bits per heavy atom. The standard InChI is InChI=1S/C5H9NO.CH4N.CH3.2U.V/c7-5-1-3-6-4-2-5;1-2;;;;/h7H,1-4H2;2H,1H3;1H3;;;/q-2;2*-1;;2*+2. The van der Waals surface area contributed by atoms with Gasteiger partial charge in [-0.05, 0) is 0 Å². The molecule has 1 aliphatic heterocycles. The third kappa shape index (κ3) is 20.6. The molecule has 1 radical (unpaired) electrons. The van der Waals surface area contributed by atoms with E-state index in [1.54, 1.807) is 0 Å². The van der Waals surface area contributed by atoms with Gasteiger partial charge in [-0.15, -0.1) is 0 Å². The minimum Gasteiger partial charge on any atom is -0.680 e. The molecule has 0 atom stereocenters. The molecule has 0 unspecified atom stereocenters. The van der Waals surface area contributed by atoms with Crippen molar-refractivity contribution in [2.45, 2.75) is 12.8 Å². The number of nitrogens with one attached hydrogen (secondary N) is 1. The number of nitrogens with zero attached hydrogens (tertiary/aromatic N) is 1. The van der Waals surface area contributed by atoms with Crippen LogP contribution in [0.25, 0.3) is 11.1 Å². The van der Waals surface area contributed by atoms with Gasteiger partial charge in [0.25, 0.3) is 0 Å². The van der Waals surface area contributed by atoms with E-state index >= 15 is 0 Å². The fourth-order valence-electron chi connectivity index (χ4n) is 0.653. The van der Waals surface area contributed by atoms with Crippen LogP contribution in [-0.4, -0.2) is 25.2 Å². The summed E-state index contributed by atoms with van der Waals surface area (Å²) in [7, 11) is 1.25. The zero-order chi connectivity index (χ0) is 7.11. The maximum Gasteiger partial charge on any atom is 2.00 e. The average molecular weight is 671 g/mol. The van der Waals surface area contributed by atoms with E-state index in [1.807, 2.05) is 0 Å². The second-order valence-corrected chi connectivity index (χ2v) is 1.74. The summed E-state index contributed by atoms with van der Waals surface area (Å²) in [4.78, 5) is 0. The van der Waals surface area contributed by atoms with E-state index in [0.29, 0.717) is 6.10 Å². The second-order valence-electron chi connectivity index (χ2n) is 1.74. The molecule has 1 heterocycles. The number of piperidine rings is 1. The molecule has 73 valence electrons. The Hall–Kier alpha value is 2.57. The second kappa shape index (κ2) is 24.0. The van der Waals surface area contributed by atoms with Gasteiger partial charge in [-0.2, -0.15) is 33.0 Å². The van der Waals surface area contributed by atoms with Crippen molar-refractivity contribution in [1.29, 1.82) is 0 Å². The van der Waals surface area contributed by atoms with Crippen molar-refractivity contribution in [3.63, 3.8) is 0 Å². The Morgan fingerprint density at radius 2 is 1.54 bits per heavy atom. The van der Waals surface area contributed by atoms with E-state index in [-0.39, 0.29) is 88.2 Å². The summed E-state index contributed by atoms with van der Waals surface area (Å²) in [6, 6.07) is 0. The molecule has 0 aromatic heterocycles. The van der Waals surface area contributed by atoms with Crippen LogP contribution in [0.4, 0.5) is 0 Å². The van der Waals surface area contributed by atoms with Crippen LogP contribution in [0.5, 0.6) is 0 Å². The first kappa shape index (κ1) is 29.6. The van der Waals surface area contributed by atoms with Crippen molar-refractivity contribution in [2.75, 3.05) is 20.1 Å². The van der Waals surface area contributed by atoms with Crippen LogP contribution in [-0.2, 0) is 18.6 Å². The van der Waals surface area contributed by atoms with Gasteiger partial charge in [0, 0.05) is 31.1 Å². The fourth-order valence-corrected chi connectivity index (χ4v) is 0.653. The molecule has 1 fully saturated rings. The Kier molecular flexibility index (Phi) is 54.6. The van der Waals surface area contributed by atoms with Crippen LogP contribution in [0.2, 0.25) is 0 Å². The molecule has 0 amide bonds. The monoisotopic (exact) mass is 671 g/mol. The van der Waals surface area contributed by atoms with E-state index in [4.69, 9.17) is 10.8 Å². The molecular weight excluding hydrogens is 655 g/mol. The Labute approximate surface area is 141 Å². The number of aliphatic hydroxyl groups excluding tert-OH is 1. The number of hydrogen-bond donors (Lipinski definition) is 1. The van der Waals surface area contributed by atoms with E-state index in [1.165, 1.54) is 7.05 Å². The SMILES string of the molecule is C[NH-].O[C-]1CC[N-]CC1.[CH3-].[U+2].[U].[V+2]. The van der Waals surface area contributed by atoms with Crippen LogP contribution in [0.3, 0.4) is 0 Å². The summed E-state index contributed by atoms with van der Waals surface area (Å²) in [6.07, 6.45) is 2.20. The molecule has 1 saturated heterocycles. The quantitative estimate of drug-likeness (QED) is 0.395. The van der Waals surface area contributed by atoms with Gasteiger partial charge in [-0.1, -0.05) is 0 Å². The molecule has 0 spiro atoms. The predicted octanol–water partition coefficient (Wildman–Crippen LogP) is 2.17. The van der Waals surface area contributed by atoms with Crippen molar-refractivity contribution in [3.8, 4) is 0 Å². The third-order valence-corrected chi connectivity index (χ3v) is 1.12. The molecular formula is C7H16N2OU2V. The summed E-state index contributed by atoms with van der Waals surface area (Å²) in [5.74, 6) is 0. The molecule has 1 rings (SSSR count). The van der Waals surface area contributed by atoms with Crippen molar-refractivity contribution in [2.24, 2.45) is 0 Å². The minimum atomic E-state index is 0. The molecule has 13 heavy (non-hydrogen) atoms. The fraction of sp³-hybridized carbons (Fsp3) is 0.714. The van der Waals surface area contributed by atoms with Crippen molar-refractivity contribution >= 4 is 0 Å². The summed E-state index contributed by atoms with van der Waals surface area (Å²) in [6.45, 7) is 1.65. The van der Waals surface area contributed by atoms with Crippen LogP contribution in [0, 0.1) is 75.8 Å². The maximum atomic E-state index is 8.77. The third-order valence-electron chi connectivity index (χ3n) is 1.12. The van der Waals surface area contributed by atoms with E-state index < -0.39 is 0 Å². The zero-order valence-electron chi connectivity index (χ0n) is 8.17. The Bertz CT molecular complexity index is 66.5. The van der Waals surface area contributed by atoms with Crippen LogP contribution in [0.1, 0.15) is 12.8 Å². The Balaban J connectivity index is -0.0000000335. The van der Waals surface area contributed by atoms with E-state index in [0.717, 1.165) is 25.9 Å². The average Bonchev–Trinajstić information content (AvgIpc) is 1.94. The first-order valence-electron chi connectivity index (χ1n) is 3.06. The van der Waals surface area contributed by atoms with Gasteiger partial charge < -0.3 is 23.6 Å². The molecule has 3 nitrogen and oxygen atoms in total. The summed E-state index contributed by atoms with van der Waals surface area (Å²) in [5.41, 5.74) is 5.75. The summed E-state index contributed by atoms with van der Waals surface area (Å²) >= 11 is 0. The van der Waals surface area contributed by atoms with Gasteiger partial charge in [0.15, 0.2) is 0 Å². The molecule has 6 heteroatoms. The normalized spacial score (nSPS) is 14.1. The van der Waals surface area contributed by atoms with E-state index in [9.17, 15) is 0 Å². The molecule has 0 bridgehead atoms. The number of hydrogen-bond acceptors (Lipinski definition) is 1. The van der Waals surface area contributed by atoms with Gasteiger partial charge in [-0.3, -0.25) is 0 Å². The zero-order valence-corrected chi connectivity index (χ0v) is 17.9. The molecule has 0 aliphatic carbocycles. The smallest absolute Gasteiger partial charge is 0.680 e. The maximum absolute atomic E-state index is 8.77. The first-order chi connectivity index (χ1) is 4.39.